The number of ether oxygens (including phenoxy) is 1. The molecule has 0 bridgehead atoms. The van der Waals surface area contributed by atoms with Crippen molar-refractivity contribution in [2.45, 2.75) is 27.2 Å². The first-order valence-electron chi connectivity index (χ1n) is 9.12. The average molecular weight is 390 g/mol. The molecule has 7 nitrogen and oxygen atoms in total. The summed E-state index contributed by atoms with van der Waals surface area (Å²) < 4.78 is 5.67. The first-order chi connectivity index (χ1) is 13.9. The third kappa shape index (κ3) is 5.87. The molecule has 0 aliphatic heterocycles. The lowest BCUT2D eigenvalue weighted by Gasteiger charge is -2.09. The number of nitrogens with one attached hydrogen (secondary N) is 2. The number of anilines is 2. The zero-order valence-electron chi connectivity index (χ0n) is 16.5. The molecule has 2 N–H and O–H groups in total. The molecular formula is C22H22N4O3. The number of aromatic nitrogens is 2. The van der Waals surface area contributed by atoms with Crippen molar-refractivity contribution in [3.8, 4) is 11.6 Å². The summed E-state index contributed by atoms with van der Waals surface area (Å²) in [6.45, 7) is 5.48. The van der Waals surface area contributed by atoms with Crippen molar-refractivity contribution in [2.24, 2.45) is 0 Å². The van der Waals surface area contributed by atoms with Crippen LogP contribution in [-0.2, 0) is 16.0 Å². The zero-order chi connectivity index (χ0) is 20.8. The smallest absolute Gasteiger partial charge is 0.228 e. The summed E-state index contributed by atoms with van der Waals surface area (Å²) >= 11 is 0. The van der Waals surface area contributed by atoms with E-state index in [-0.39, 0.29) is 11.8 Å². The lowest BCUT2D eigenvalue weighted by atomic mass is 10.0. The molecule has 29 heavy (non-hydrogen) atoms. The Balaban J connectivity index is 1.59. The molecule has 1 aromatic heterocycles. The summed E-state index contributed by atoms with van der Waals surface area (Å²) in [5.41, 5.74) is 4.03. The molecular weight excluding hydrogens is 368 g/mol. The second kappa shape index (κ2) is 8.97. The Morgan fingerprint density at radius 2 is 1.69 bits per heavy atom. The molecule has 0 atom stereocenters. The van der Waals surface area contributed by atoms with Crippen LogP contribution in [0.25, 0.3) is 0 Å². The lowest BCUT2D eigenvalue weighted by molar-refractivity contribution is -0.116. The number of rotatable bonds is 6. The van der Waals surface area contributed by atoms with E-state index >= 15 is 0 Å². The van der Waals surface area contributed by atoms with E-state index in [1.54, 1.807) is 24.3 Å². The predicted molar refractivity (Wildman–Crippen MR) is 111 cm³/mol. The van der Waals surface area contributed by atoms with Crippen molar-refractivity contribution in [1.29, 1.82) is 0 Å². The molecule has 3 rings (SSSR count). The Hall–Kier alpha value is -3.74. The number of carbonyl (C=O) groups excluding carboxylic acids is 2. The number of nitrogens with zero attached hydrogens (tertiary/aromatic N) is 2. The van der Waals surface area contributed by atoms with Gasteiger partial charge in [0, 0.05) is 18.7 Å². The van der Waals surface area contributed by atoms with Crippen molar-refractivity contribution in [3.05, 3.63) is 71.5 Å². The Morgan fingerprint density at radius 1 is 0.931 bits per heavy atom. The third-order valence-corrected chi connectivity index (χ3v) is 4.24. The molecule has 0 radical (unpaired) electrons. The van der Waals surface area contributed by atoms with Crippen LogP contribution in [0.3, 0.4) is 0 Å². The van der Waals surface area contributed by atoms with Gasteiger partial charge in [0.1, 0.15) is 17.9 Å². The van der Waals surface area contributed by atoms with Gasteiger partial charge in [0.2, 0.25) is 17.7 Å². The summed E-state index contributed by atoms with van der Waals surface area (Å²) in [6, 6.07) is 14.5. The number of amides is 2. The Morgan fingerprint density at radius 3 is 2.38 bits per heavy atom. The van der Waals surface area contributed by atoms with Crippen LogP contribution in [0.5, 0.6) is 11.6 Å². The van der Waals surface area contributed by atoms with Gasteiger partial charge in [0.25, 0.3) is 0 Å². The highest BCUT2D eigenvalue weighted by atomic mass is 16.5. The maximum absolute atomic E-state index is 12.3. The van der Waals surface area contributed by atoms with Crippen molar-refractivity contribution >= 4 is 23.3 Å². The van der Waals surface area contributed by atoms with Crippen LogP contribution in [0.1, 0.15) is 23.6 Å². The molecule has 0 unspecified atom stereocenters. The van der Waals surface area contributed by atoms with E-state index < -0.39 is 0 Å². The van der Waals surface area contributed by atoms with E-state index in [2.05, 4.69) is 20.6 Å². The average Bonchev–Trinajstić information content (AvgIpc) is 2.66. The summed E-state index contributed by atoms with van der Waals surface area (Å²) in [5, 5.41) is 5.45. The van der Waals surface area contributed by atoms with Gasteiger partial charge in [0.15, 0.2) is 0 Å². The van der Waals surface area contributed by atoms with Crippen LogP contribution in [0.4, 0.5) is 11.5 Å². The maximum atomic E-state index is 12.3. The minimum absolute atomic E-state index is 0.0855. The number of carbonyl (C=O) groups is 2. The maximum Gasteiger partial charge on any atom is 0.228 e. The van der Waals surface area contributed by atoms with Gasteiger partial charge in [-0.25, -0.2) is 9.97 Å². The van der Waals surface area contributed by atoms with E-state index in [0.717, 1.165) is 5.56 Å². The van der Waals surface area contributed by atoms with E-state index in [4.69, 9.17) is 4.74 Å². The van der Waals surface area contributed by atoms with Crippen molar-refractivity contribution in [3.63, 3.8) is 0 Å². The van der Waals surface area contributed by atoms with Crippen molar-refractivity contribution < 1.29 is 14.3 Å². The fraction of sp³-hybridized carbons (Fsp3) is 0.182. The van der Waals surface area contributed by atoms with E-state index in [1.807, 2.05) is 32.0 Å². The van der Waals surface area contributed by atoms with Crippen LogP contribution >= 0.6 is 0 Å². The third-order valence-electron chi connectivity index (χ3n) is 4.24. The summed E-state index contributed by atoms with van der Waals surface area (Å²) in [7, 11) is 0. The summed E-state index contributed by atoms with van der Waals surface area (Å²) in [5.74, 6) is 0.894. The highest BCUT2D eigenvalue weighted by molar-refractivity contribution is 5.92. The molecule has 0 saturated carbocycles. The summed E-state index contributed by atoms with van der Waals surface area (Å²) in [4.78, 5) is 31.4. The highest BCUT2D eigenvalue weighted by Gasteiger charge is 2.07. The quantitative estimate of drug-likeness (QED) is 0.663. The van der Waals surface area contributed by atoms with Crippen LogP contribution in [-0.4, -0.2) is 21.8 Å². The van der Waals surface area contributed by atoms with Crippen LogP contribution < -0.4 is 15.4 Å². The van der Waals surface area contributed by atoms with Crippen LogP contribution in [0.15, 0.2) is 54.9 Å². The van der Waals surface area contributed by atoms with Gasteiger partial charge in [-0.05, 0) is 54.8 Å². The molecule has 0 aliphatic carbocycles. The molecule has 3 aromatic rings. The first-order valence-corrected chi connectivity index (χ1v) is 9.12. The van der Waals surface area contributed by atoms with Crippen LogP contribution in [0.2, 0.25) is 0 Å². The molecule has 0 fully saturated rings. The van der Waals surface area contributed by atoms with Crippen molar-refractivity contribution in [1.82, 2.24) is 9.97 Å². The van der Waals surface area contributed by atoms with Crippen LogP contribution in [0, 0.1) is 13.8 Å². The normalized spacial score (nSPS) is 10.3. The number of hydrogen-bond donors (Lipinski definition) is 2. The summed E-state index contributed by atoms with van der Waals surface area (Å²) in [6.07, 6.45) is 1.62. The minimum Gasteiger partial charge on any atom is -0.439 e. The first kappa shape index (κ1) is 20.0. The second-order valence-corrected chi connectivity index (χ2v) is 6.69. The van der Waals surface area contributed by atoms with E-state index in [0.29, 0.717) is 29.6 Å². The lowest BCUT2D eigenvalue weighted by Crippen LogP contribution is -2.14. The fourth-order valence-electron chi connectivity index (χ4n) is 2.68. The van der Waals surface area contributed by atoms with E-state index in [9.17, 15) is 9.59 Å². The number of aryl methyl sites for hydroxylation is 2. The zero-order valence-corrected chi connectivity index (χ0v) is 16.5. The van der Waals surface area contributed by atoms with Gasteiger partial charge in [-0.2, -0.15) is 0 Å². The number of benzene rings is 2. The van der Waals surface area contributed by atoms with E-state index in [1.165, 1.54) is 30.4 Å². The van der Waals surface area contributed by atoms with Gasteiger partial charge in [-0.3, -0.25) is 9.59 Å². The minimum atomic E-state index is -0.226. The SMILES string of the molecule is CC(=O)Nc1cc(Oc2ccc(NC(=O)Cc3ccc(C)c(C)c3)cc2)ncn1. The molecule has 2 amide bonds. The highest BCUT2D eigenvalue weighted by Crippen LogP contribution is 2.22. The van der Waals surface area contributed by atoms with Gasteiger partial charge < -0.3 is 15.4 Å². The van der Waals surface area contributed by atoms with Gasteiger partial charge in [-0.15, -0.1) is 0 Å². The van der Waals surface area contributed by atoms with Gasteiger partial charge in [0.05, 0.1) is 6.42 Å². The molecule has 7 heteroatoms. The van der Waals surface area contributed by atoms with Gasteiger partial charge >= 0.3 is 0 Å². The monoisotopic (exact) mass is 390 g/mol. The fourth-order valence-corrected chi connectivity index (χ4v) is 2.68. The molecule has 148 valence electrons. The molecule has 0 saturated heterocycles. The predicted octanol–water partition coefficient (Wildman–Crippen LogP) is 4.03. The molecule has 2 aromatic carbocycles. The Kier molecular flexibility index (Phi) is 6.19. The van der Waals surface area contributed by atoms with Crippen molar-refractivity contribution in [2.75, 3.05) is 10.6 Å². The standard InChI is InChI=1S/C22H22N4O3/c1-14-4-5-17(10-15(14)2)11-21(28)26-18-6-8-19(9-7-18)29-22-12-20(23-13-24-22)25-16(3)27/h4-10,12-13H,11H2,1-3H3,(H,26,28)(H,23,24,25,27). The second-order valence-electron chi connectivity index (χ2n) is 6.69. The molecule has 1 heterocycles. The molecule has 0 spiro atoms. The Labute approximate surface area is 169 Å². The molecule has 0 aliphatic rings. The topological polar surface area (TPSA) is 93.2 Å². The van der Waals surface area contributed by atoms with Gasteiger partial charge in [-0.1, -0.05) is 18.2 Å². The Bertz CT molecular complexity index is 1030. The number of hydrogen-bond acceptors (Lipinski definition) is 5. The largest absolute Gasteiger partial charge is 0.439 e.